The summed E-state index contributed by atoms with van der Waals surface area (Å²) in [7, 11) is 2.02. The zero-order valence-corrected chi connectivity index (χ0v) is 12.2. The van der Waals surface area contributed by atoms with E-state index in [-0.39, 0.29) is 18.2 Å². The van der Waals surface area contributed by atoms with Crippen LogP contribution in [-0.4, -0.2) is 30.3 Å². The summed E-state index contributed by atoms with van der Waals surface area (Å²) in [5, 5.41) is 12.8. The summed E-state index contributed by atoms with van der Waals surface area (Å²) in [6.45, 7) is 9.51. The van der Waals surface area contributed by atoms with E-state index in [2.05, 4.69) is 49.2 Å². The molecule has 3 heteroatoms. The van der Waals surface area contributed by atoms with E-state index in [0.717, 1.165) is 6.54 Å². The summed E-state index contributed by atoms with van der Waals surface area (Å²) in [6, 6.07) is 8.46. The van der Waals surface area contributed by atoms with E-state index < -0.39 is 0 Å². The highest BCUT2D eigenvalue weighted by molar-refractivity contribution is 5.53. The zero-order valence-electron chi connectivity index (χ0n) is 12.2. The lowest BCUT2D eigenvalue weighted by molar-refractivity contribution is 0.270. The summed E-state index contributed by atoms with van der Waals surface area (Å²) in [5.74, 6) is 0. The fraction of sp³-hybridized carbons (Fsp3) is 0.600. The van der Waals surface area contributed by atoms with Gasteiger partial charge in [0.25, 0.3) is 0 Å². The smallest absolute Gasteiger partial charge is 0.0632 e. The standard InChI is InChI=1S/C15H26N2O/c1-12(11-18)17(5)14-9-7-6-8-13(14)10-16-15(2,3)4/h6-9,12,16,18H,10-11H2,1-5H3. The van der Waals surface area contributed by atoms with Crippen LogP contribution in [0.25, 0.3) is 0 Å². The molecule has 0 saturated heterocycles. The molecule has 0 aliphatic heterocycles. The number of benzene rings is 1. The van der Waals surface area contributed by atoms with Gasteiger partial charge < -0.3 is 15.3 Å². The molecule has 0 amide bonds. The molecule has 18 heavy (non-hydrogen) atoms. The number of nitrogens with one attached hydrogen (secondary N) is 1. The largest absolute Gasteiger partial charge is 0.394 e. The molecule has 1 rings (SSSR count). The Morgan fingerprint density at radius 3 is 2.44 bits per heavy atom. The van der Waals surface area contributed by atoms with E-state index in [0.29, 0.717) is 0 Å². The van der Waals surface area contributed by atoms with Gasteiger partial charge in [0.1, 0.15) is 0 Å². The molecule has 2 N–H and O–H groups in total. The second-order valence-electron chi connectivity index (χ2n) is 5.87. The van der Waals surface area contributed by atoms with E-state index >= 15 is 0 Å². The second kappa shape index (κ2) is 6.21. The number of aliphatic hydroxyl groups is 1. The fourth-order valence-corrected chi connectivity index (χ4v) is 1.72. The quantitative estimate of drug-likeness (QED) is 0.842. The minimum atomic E-state index is 0.105. The summed E-state index contributed by atoms with van der Waals surface area (Å²) >= 11 is 0. The SMILES string of the molecule is CC(CO)N(C)c1ccccc1CNC(C)(C)C. The maximum atomic E-state index is 9.26. The van der Waals surface area contributed by atoms with Gasteiger partial charge in [0, 0.05) is 30.9 Å². The number of hydrogen-bond donors (Lipinski definition) is 2. The second-order valence-corrected chi connectivity index (χ2v) is 5.87. The van der Waals surface area contributed by atoms with Crippen molar-refractivity contribution < 1.29 is 5.11 Å². The van der Waals surface area contributed by atoms with Gasteiger partial charge in [-0.3, -0.25) is 0 Å². The normalized spacial score (nSPS) is 13.4. The lowest BCUT2D eigenvalue weighted by Gasteiger charge is -2.29. The summed E-state index contributed by atoms with van der Waals surface area (Å²) in [5.41, 5.74) is 2.54. The lowest BCUT2D eigenvalue weighted by Crippen LogP contribution is -2.37. The highest BCUT2D eigenvalue weighted by Crippen LogP contribution is 2.21. The third kappa shape index (κ3) is 4.31. The first kappa shape index (κ1) is 15.0. The molecule has 0 aromatic heterocycles. The van der Waals surface area contributed by atoms with Gasteiger partial charge in [0.05, 0.1) is 6.61 Å². The lowest BCUT2D eigenvalue weighted by atomic mass is 10.1. The van der Waals surface area contributed by atoms with Crippen LogP contribution in [-0.2, 0) is 6.54 Å². The van der Waals surface area contributed by atoms with Gasteiger partial charge in [0.15, 0.2) is 0 Å². The molecule has 1 aromatic carbocycles. The number of likely N-dealkylation sites (N-methyl/N-ethyl adjacent to an activating group) is 1. The average Bonchev–Trinajstić information content (AvgIpc) is 2.34. The van der Waals surface area contributed by atoms with Gasteiger partial charge in [-0.1, -0.05) is 18.2 Å². The number of nitrogens with zero attached hydrogens (tertiary/aromatic N) is 1. The predicted molar refractivity (Wildman–Crippen MR) is 78.0 cm³/mol. The number of rotatable bonds is 5. The average molecular weight is 250 g/mol. The van der Waals surface area contributed by atoms with Gasteiger partial charge in [-0.15, -0.1) is 0 Å². The van der Waals surface area contributed by atoms with Crippen molar-refractivity contribution >= 4 is 5.69 Å². The Labute approximate surface area is 111 Å². The van der Waals surface area contributed by atoms with Crippen LogP contribution < -0.4 is 10.2 Å². The summed E-state index contributed by atoms with van der Waals surface area (Å²) in [6.07, 6.45) is 0. The van der Waals surface area contributed by atoms with E-state index in [4.69, 9.17) is 0 Å². The maximum absolute atomic E-state index is 9.26. The van der Waals surface area contributed by atoms with Crippen molar-refractivity contribution in [2.24, 2.45) is 0 Å². The van der Waals surface area contributed by atoms with Crippen molar-refractivity contribution in [1.29, 1.82) is 0 Å². The van der Waals surface area contributed by atoms with Crippen molar-refractivity contribution in [3.05, 3.63) is 29.8 Å². The van der Waals surface area contributed by atoms with Crippen LogP contribution in [0.2, 0.25) is 0 Å². The molecule has 0 aliphatic rings. The monoisotopic (exact) mass is 250 g/mol. The van der Waals surface area contributed by atoms with Crippen LogP contribution >= 0.6 is 0 Å². The van der Waals surface area contributed by atoms with Crippen molar-refractivity contribution in [2.75, 3.05) is 18.6 Å². The van der Waals surface area contributed by atoms with Crippen LogP contribution in [0.3, 0.4) is 0 Å². The van der Waals surface area contributed by atoms with Crippen molar-refractivity contribution in [2.45, 2.75) is 45.8 Å². The van der Waals surface area contributed by atoms with Crippen LogP contribution in [0.4, 0.5) is 5.69 Å². The van der Waals surface area contributed by atoms with Gasteiger partial charge in [0.2, 0.25) is 0 Å². The van der Waals surface area contributed by atoms with Crippen LogP contribution in [0.15, 0.2) is 24.3 Å². The van der Waals surface area contributed by atoms with Gasteiger partial charge in [-0.2, -0.15) is 0 Å². The maximum Gasteiger partial charge on any atom is 0.0632 e. The molecule has 0 aliphatic carbocycles. The van der Waals surface area contributed by atoms with E-state index in [1.165, 1.54) is 11.3 Å². The van der Waals surface area contributed by atoms with Crippen LogP contribution in [0.5, 0.6) is 0 Å². The van der Waals surface area contributed by atoms with E-state index in [1.54, 1.807) is 0 Å². The fourth-order valence-electron chi connectivity index (χ4n) is 1.72. The Balaban J connectivity index is 2.86. The third-order valence-corrected chi connectivity index (χ3v) is 3.11. The first-order chi connectivity index (χ1) is 8.35. The van der Waals surface area contributed by atoms with Crippen LogP contribution in [0.1, 0.15) is 33.3 Å². The molecule has 1 aromatic rings. The predicted octanol–water partition coefficient (Wildman–Crippen LogP) is 2.39. The minimum Gasteiger partial charge on any atom is -0.394 e. The molecule has 0 fully saturated rings. The van der Waals surface area contributed by atoms with Gasteiger partial charge in [-0.25, -0.2) is 0 Å². The Hall–Kier alpha value is -1.06. The summed E-state index contributed by atoms with van der Waals surface area (Å²) < 4.78 is 0. The van der Waals surface area contributed by atoms with Crippen LogP contribution in [0, 0.1) is 0 Å². The molecule has 0 saturated carbocycles. The molecular weight excluding hydrogens is 224 g/mol. The minimum absolute atomic E-state index is 0.105. The van der Waals surface area contributed by atoms with Gasteiger partial charge >= 0.3 is 0 Å². The summed E-state index contributed by atoms with van der Waals surface area (Å²) in [4.78, 5) is 2.12. The molecule has 0 spiro atoms. The third-order valence-electron chi connectivity index (χ3n) is 3.11. The molecule has 0 radical (unpaired) electrons. The highest BCUT2D eigenvalue weighted by atomic mass is 16.3. The van der Waals surface area contributed by atoms with Crippen molar-refractivity contribution in [3.63, 3.8) is 0 Å². The molecule has 0 heterocycles. The van der Waals surface area contributed by atoms with E-state index in [9.17, 15) is 5.11 Å². The highest BCUT2D eigenvalue weighted by Gasteiger charge is 2.14. The Kier molecular flexibility index (Phi) is 5.17. The first-order valence-corrected chi connectivity index (χ1v) is 6.52. The Morgan fingerprint density at radius 1 is 1.28 bits per heavy atom. The zero-order chi connectivity index (χ0) is 13.8. The first-order valence-electron chi connectivity index (χ1n) is 6.52. The molecule has 3 nitrogen and oxygen atoms in total. The van der Waals surface area contributed by atoms with Gasteiger partial charge in [-0.05, 0) is 39.3 Å². The Morgan fingerprint density at radius 2 is 1.89 bits per heavy atom. The molecule has 102 valence electrons. The topological polar surface area (TPSA) is 35.5 Å². The van der Waals surface area contributed by atoms with E-state index in [1.807, 2.05) is 20.0 Å². The number of aliphatic hydroxyl groups excluding tert-OH is 1. The number of hydrogen-bond acceptors (Lipinski definition) is 3. The van der Waals surface area contributed by atoms with Crippen molar-refractivity contribution in [1.82, 2.24) is 5.32 Å². The van der Waals surface area contributed by atoms with Crippen molar-refractivity contribution in [3.8, 4) is 0 Å². The molecular formula is C15H26N2O. The Bertz CT molecular complexity index is 371. The number of para-hydroxylation sites is 1. The molecule has 1 unspecified atom stereocenters. The number of anilines is 1. The molecule has 0 bridgehead atoms. The molecule has 1 atom stereocenters.